The average Bonchev–Trinajstić information content (AvgIpc) is 3.24. The summed E-state index contributed by atoms with van der Waals surface area (Å²) in [5.74, 6) is -0.516. The molecule has 1 saturated heterocycles. The van der Waals surface area contributed by atoms with Gasteiger partial charge in [-0.1, -0.05) is 18.2 Å². The molecule has 1 atom stereocenters. The van der Waals surface area contributed by atoms with Crippen LogP contribution in [0, 0.1) is 12.7 Å². The van der Waals surface area contributed by atoms with Crippen molar-refractivity contribution in [2.75, 3.05) is 0 Å². The molecule has 6 heteroatoms. The summed E-state index contributed by atoms with van der Waals surface area (Å²) in [6.07, 6.45) is 0.929. The molecule has 3 N–H and O–H groups in total. The maximum absolute atomic E-state index is 14.2. The van der Waals surface area contributed by atoms with Gasteiger partial charge in [0.15, 0.2) is 0 Å². The van der Waals surface area contributed by atoms with Crippen molar-refractivity contribution < 1.29 is 14.0 Å². The van der Waals surface area contributed by atoms with Crippen molar-refractivity contribution in [3.8, 4) is 11.3 Å². The van der Waals surface area contributed by atoms with Gasteiger partial charge in [0.2, 0.25) is 11.8 Å². The first-order chi connectivity index (χ1) is 13.0. The molecule has 5 nitrogen and oxygen atoms in total. The summed E-state index contributed by atoms with van der Waals surface area (Å²) in [7, 11) is 0. The molecule has 0 spiro atoms. The molecule has 2 heterocycles. The maximum atomic E-state index is 14.2. The Morgan fingerprint density at radius 1 is 1.26 bits per heavy atom. The largest absolute Gasteiger partial charge is 0.354 e. The molecule has 0 bridgehead atoms. The van der Waals surface area contributed by atoms with Crippen LogP contribution in [0.4, 0.5) is 4.39 Å². The lowest BCUT2D eigenvalue weighted by Crippen LogP contribution is -2.41. The fourth-order valence-electron chi connectivity index (χ4n) is 3.54. The Morgan fingerprint density at radius 3 is 2.81 bits per heavy atom. The van der Waals surface area contributed by atoms with Crippen LogP contribution in [0.5, 0.6) is 0 Å². The van der Waals surface area contributed by atoms with Crippen molar-refractivity contribution in [1.29, 1.82) is 0 Å². The van der Waals surface area contributed by atoms with Gasteiger partial charge < -0.3 is 15.6 Å². The summed E-state index contributed by atoms with van der Waals surface area (Å²) in [5.41, 5.74) is 4.13. The van der Waals surface area contributed by atoms with Gasteiger partial charge >= 0.3 is 0 Å². The number of aromatic amines is 1. The number of aryl methyl sites for hydroxylation is 1. The van der Waals surface area contributed by atoms with E-state index in [1.807, 2.05) is 31.2 Å². The minimum absolute atomic E-state index is 0.0832. The number of hydrogen-bond acceptors (Lipinski definition) is 2. The predicted molar refractivity (Wildman–Crippen MR) is 101 cm³/mol. The van der Waals surface area contributed by atoms with E-state index in [9.17, 15) is 14.0 Å². The number of carbonyl (C=O) groups is 2. The number of halogens is 1. The number of fused-ring (bicyclic) bond motifs is 1. The fraction of sp³-hybridized carbons (Fsp3) is 0.238. The number of benzene rings is 2. The highest BCUT2D eigenvalue weighted by atomic mass is 19.1. The number of carbonyl (C=O) groups excluding carboxylic acids is 2. The molecule has 0 saturated carbocycles. The van der Waals surface area contributed by atoms with Gasteiger partial charge in [-0.25, -0.2) is 4.39 Å². The molecule has 2 amide bonds. The fourth-order valence-corrected chi connectivity index (χ4v) is 3.54. The van der Waals surface area contributed by atoms with Crippen LogP contribution in [0.25, 0.3) is 22.2 Å². The summed E-state index contributed by atoms with van der Waals surface area (Å²) in [6, 6.07) is 12.1. The monoisotopic (exact) mass is 365 g/mol. The molecule has 3 aromatic rings. The van der Waals surface area contributed by atoms with Crippen LogP contribution in [0.15, 0.2) is 42.5 Å². The van der Waals surface area contributed by atoms with Crippen molar-refractivity contribution in [3.63, 3.8) is 0 Å². The van der Waals surface area contributed by atoms with Gasteiger partial charge in [0.05, 0.1) is 5.69 Å². The van der Waals surface area contributed by atoms with Crippen LogP contribution in [0.1, 0.15) is 24.0 Å². The number of hydrogen-bond donors (Lipinski definition) is 3. The lowest BCUT2D eigenvalue weighted by molar-refractivity contribution is -0.125. The van der Waals surface area contributed by atoms with Gasteiger partial charge in [0, 0.05) is 29.4 Å². The number of amides is 2. The van der Waals surface area contributed by atoms with E-state index >= 15 is 0 Å². The Bertz CT molecular complexity index is 1040. The normalized spacial score (nSPS) is 16.5. The molecule has 4 rings (SSSR count). The first-order valence-corrected chi connectivity index (χ1v) is 8.96. The molecule has 2 aromatic carbocycles. The molecule has 1 unspecified atom stereocenters. The zero-order valence-electron chi connectivity index (χ0n) is 14.9. The van der Waals surface area contributed by atoms with E-state index < -0.39 is 6.04 Å². The molecule has 27 heavy (non-hydrogen) atoms. The first kappa shape index (κ1) is 17.3. The predicted octanol–water partition coefficient (Wildman–Crippen LogP) is 3.18. The van der Waals surface area contributed by atoms with Crippen LogP contribution in [-0.4, -0.2) is 22.8 Å². The Balaban J connectivity index is 1.56. The highest BCUT2D eigenvalue weighted by Gasteiger charge is 2.26. The van der Waals surface area contributed by atoms with Gasteiger partial charge in [-0.3, -0.25) is 9.59 Å². The molecular weight excluding hydrogens is 345 g/mol. The third-order valence-corrected chi connectivity index (χ3v) is 5.04. The van der Waals surface area contributed by atoms with Crippen molar-refractivity contribution >= 4 is 22.7 Å². The van der Waals surface area contributed by atoms with Gasteiger partial charge in [-0.2, -0.15) is 0 Å². The Morgan fingerprint density at radius 2 is 2.07 bits per heavy atom. The molecule has 1 fully saturated rings. The van der Waals surface area contributed by atoms with Crippen LogP contribution in [0.2, 0.25) is 0 Å². The number of H-pyrrole nitrogens is 1. The van der Waals surface area contributed by atoms with Gasteiger partial charge in [0.25, 0.3) is 0 Å². The lowest BCUT2D eigenvalue weighted by atomic mass is 10.0. The topological polar surface area (TPSA) is 74.0 Å². The van der Waals surface area contributed by atoms with Crippen LogP contribution in [-0.2, 0) is 16.1 Å². The van der Waals surface area contributed by atoms with Crippen molar-refractivity contribution in [3.05, 3.63) is 59.4 Å². The second kappa shape index (κ2) is 6.87. The third-order valence-electron chi connectivity index (χ3n) is 5.04. The molecule has 1 aliphatic rings. The summed E-state index contributed by atoms with van der Waals surface area (Å²) in [6.45, 7) is 2.33. The Kier molecular flexibility index (Phi) is 4.39. The molecule has 1 aliphatic heterocycles. The molecule has 1 aromatic heterocycles. The second-order valence-electron chi connectivity index (χ2n) is 6.86. The van der Waals surface area contributed by atoms with Crippen molar-refractivity contribution in [2.24, 2.45) is 0 Å². The third kappa shape index (κ3) is 3.30. The SMILES string of the molecule is Cc1c(-c2ccccc2F)[nH]c2ccc(CNC(=O)C3CCC(=O)N3)cc12. The van der Waals surface area contributed by atoms with E-state index in [4.69, 9.17) is 0 Å². The summed E-state index contributed by atoms with van der Waals surface area (Å²) in [4.78, 5) is 26.7. The smallest absolute Gasteiger partial charge is 0.242 e. The lowest BCUT2D eigenvalue weighted by Gasteiger charge is -2.11. The highest BCUT2D eigenvalue weighted by Crippen LogP contribution is 2.31. The zero-order chi connectivity index (χ0) is 19.0. The van der Waals surface area contributed by atoms with E-state index in [1.165, 1.54) is 6.07 Å². The first-order valence-electron chi connectivity index (χ1n) is 8.96. The summed E-state index contributed by atoms with van der Waals surface area (Å²) < 4.78 is 14.2. The quantitative estimate of drug-likeness (QED) is 0.664. The maximum Gasteiger partial charge on any atom is 0.242 e. The summed E-state index contributed by atoms with van der Waals surface area (Å²) >= 11 is 0. The van der Waals surface area contributed by atoms with E-state index in [-0.39, 0.29) is 17.6 Å². The van der Waals surface area contributed by atoms with Gasteiger partial charge in [-0.05, 0) is 48.7 Å². The Hall–Kier alpha value is -3.15. The van der Waals surface area contributed by atoms with Gasteiger partial charge in [-0.15, -0.1) is 0 Å². The van der Waals surface area contributed by atoms with E-state index in [0.29, 0.717) is 24.9 Å². The minimum Gasteiger partial charge on any atom is -0.354 e. The zero-order valence-corrected chi connectivity index (χ0v) is 14.9. The van der Waals surface area contributed by atoms with Gasteiger partial charge in [0.1, 0.15) is 11.9 Å². The number of aromatic nitrogens is 1. The number of nitrogens with one attached hydrogen (secondary N) is 3. The average molecular weight is 365 g/mol. The van der Waals surface area contributed by atoms with Crippen LogP contribution in [0.3, 0.4) is 0 Å². The molecule has 138 valence electrons. The molecule has 0 aliphatic carbocycles. The van der Waals surface area contributed by atoms with E-state index in [0.717, 1.165) is 27.7 Å². The van der Waals surface area contributed by atoms with Crippen molar-refractivity contribution in [2.45, 2.75) is 32.4 Å². The van der Waals surface area contributed by atoms with E-state index in [2.05, 4.69) is 15.6 Å². The van der Waals surface area contributed by atoms with Crippen molar-refractivity contribution in [1.82, 2.24) is 15.6 Å². The molecule has 0 radical (unpaired) electrons. The molecular formula is C21H20FN3O2. The standard InChI is InChI=1S/C21H20FN3O2/c1-12-15-10-13(11-23-21(27)18-8-9-19(26)24-18)6-7-17(15)25-20(12)14-4-2-3-5-16(14)22/h2-7,10,18,25H,8-9,11H2,1H3,(H,23,27)(H,24,26). The number of rotatable bonds is 4. The van der Waals surface area contributed by atoms with E-state index in [1.54, 1.807) is 12.1 Å². The minimum atomic E-state index is -0.442. The highest BCUT2D eigenvalue weighted by molar-refractivity contribution is 5.92. The Labute approximate surface area is 156 Å². The van der Waals surface area contributed by atoms with Crippen LogP contribution < -0.4 is 10.6 Å². The second-order valence-corrected chi connectivity index (χ2v) is 6.86. The van der Waals surface area contributed by atoms with Crippen LogP contribution >= 0.6 is 0 Å². The summed E-state index contributed by atoms with van der Waals surface area (Å²) in [5, 5.41) is 6.53.